The van der Waals surface area contributed by atoms with Crippen molar-refractivity contribution in [2.45, 2.75) is 13.3 Å². The maximum absolute atomic E-state index is 3.95. The fourth-order valence-corrected chi connectivity index (χ4v) is 1.31. The number of benzene rings is 1. The summed E-state index contributed by atoms with van der Waals surface area (Å²) in [6.07, 6.45) is 4.45. The van der Waals surface area contributed by atoms with Crippen LogP contribution >= 0.6 is 0 Å². The van der Waals surface area contributed by atoms with E-state index in [2.05, 4.69) is 37.3 Å². The molecule has 0 fully saturated rings. The fraction of sp³-hybridized carbons (Fsp3) is 0.154. The minimum atomic E-state index is 0.822. The molecule has 0 heterocycles. The van der Waals surface area contributed by atoms with Gasteiger partial charge in [0.15, 0.2) is 0 Å². The van der Waals surface area contributed by atoms with Gasteiger partial charge >= 0.3 is 0 Å². The van der Waals surface area contributed by atoms with E-state index >= 15 is 0 Å². The first-order chi connectivity index (χ1) is 6.77. The molecule has 0 aliphatic rings. The average Bonchev–Trinajstić information content (AvgIpc) is 2.20. The molecule has 0 unspecified atom stereocenters. The molecule has 0 radical (unpaired) electrons. The number of allylic oxidation sites excluding steroid dienone is 3. The largest absolute Gasteiger partial charge is 0.269 e. The Kier molecular flexibility index (Phi) is 3.86. The zero-order valence-electron chi connectivity index (χ0n) is 8.53. The second-order valence-electron chi connectivity index (χ2n) is 3.16. The third kappa shape index (κ3) is 2.70. The van der Waals surface area contributed by atoms with Crippen molar-refractivity contribution in [2.75, 3.05) is 0 Å². The quantitative estimate of drug-likeness (QED) is 0.504. The van der Waals surface area contributed by atoms with E-state index in [9.17, 15) is 0 Å². The number of hydrogen-bond acceptors (Lipinski definition) is 1. The van der Waals surface area contributed by atoms with Crippen molar-refractivity contribution in [3.8, 4) is 0 Å². The Morgan fingerprint density at radius 1 is 1.43 bits per heavy atom. The SMILES string of the molecule is C=C/C=C(/Cc1ccccc1C)N=C. The van der Waals surface area contributed by atoms with Crippen LogP contribution in [0.15, 0.2) is 53.7 Å². The molecule has 0 bridgehead atoms. The number of nitrogens with zero attached hydrogens (tertiary/aromatic N) is 1. The minimum absolute atomic E-state index is 0.822. The van der Waals surface area contributed by atoms with E-state index in [1.165, 1.54) is 11.1 Å². The normalized spacial score (nSPS) is 11.1. The molecule has 0 spiro atoms. The van der Waals surface area contributed by atoms with Gasteiger partial charge in [-0.3, -0.25) is 4.99 Å². The number of hydrogen-bond donors (Lipinski definition) is 0. The summed E-state index contributed by atoms with van der Waals surface area (Å²) in [7, 11) is 0. The summed E-state index contributed by atoms with van der Waals surface area (Å²) in [6, 6.07) is 8.29. The highest BCUT2D eigenvalue weighted by molar-refractivity contribution is 5.35. The highest BCUT2D eigenvalue weighted by atomic mass is 14.7. The van der Waals surface area contributed by atoms with Crippen LogP contribution in [-0.4, -0.2) is 6.72 Å². The third-order valence-electron chi connectivity index (χ3n) is 2.15. The molecule has 1 rings (SSSR count). The summed E-state index contributed by atoms with van der Waals surface area (Å²) in [5, 5.41) is 0. The van der Waals surface area contributed by atoms with Gasteiger partial charge in [0.2, 0.25) is 0 Å². The van der Waals surface area contributed by atoms with Gasteiger partial charge in [0.05, 0.1) is 0 Å². The Balaban J connectivity index is 2.87. The zero-order valence-corrected chi connectivity index (χ0v) is 8.53. The molecule has 0 aromatic heterocycles. The summed E-state index contributed by atoms with van der Waals surface area (Å²) in [5.41, 5.74) is 3.52. The summed E-state index contributed by atoms with van der Waals surface area (Å²) < 4.78 is 0. The molecule has 0 aliphatic carbocycles. The minimum Gasteiger partial charge on any atom is -0.269 e. The fourth-order valence-electron chi connectivity index (χ4n) is 1.31. The first kappa shape index (κ1) is 10.5. The Hall–Kier alpha value is -1.63. The van der Waals surface area contributed by atoms with Gasteiger partial charge in [-0.2, -0.15) is 0 Å². The smallest absolute Gasteiger partial charge is 0.0440 e. The lowest BCUT2D eigenvalue weighted by Gasteiger charge is -2.04. The lowest BCUT2D eigenvalue weighted by Crippen LogP contribution is -1.90. The highest BCUT2D eigenvalue weighted by Gasteiger charge is 1.98. The van der Waals surface area contributed by atoms with Crippen molar-refractivity contribution in [3.63, 3.8) is 0 Å². The average molecular weight is 185 g/mol. The monoisotopic (exact) mass is 185 g/mol. The molecule has 1 aromatic carbocycles. The van der Waals surface area contributed by atoms with Crippen LogP contribution in [0.25, 0.3) is 0 Å². The van der Waals surface area contributed by atoms with Crippen LogP contribution in [0.2, 0.25) is 0 Å². The van der Waals surface area contributed by atoms with Crippen LogP contribution < -0.4 is 0 Å². The van der Waals surface area contributed by atoms with Crippen LogP contribution in [0.3, 0.4) is 0 Å². The highest BCUT2D eigenvalue weighted by Crippen LogP contribution is 2.13. The Bertz CT molecular complexity index is 361. The van der Waals surface area contributed by atoms with Crippen molar-refractivity contribution in [2.24, 2.45) is 4.99 Å². The summed E-state index contributed by atoms with van der Waals surface area (Å²) in [5.74, 6) is 0. The molecule has 14 heavy (non-hydrogen) atoms. The molecule has 72 valence electrons. The van der Waals surface area contributed by atoms with Crippen molar-refractivity contribution in [1.82, 2.24) is 0 Å². The molecule has 0 saturated heterocycles. The molecule has 1 aromatic rings. The van der Waals surface area contributed by atoms with E-state index in [0.717, 1.165) is 12.1 Å². The molecule has 0 aliphatic heterocycles. The van der Waals surface area contributed by atoms with E-state index < -0.39 is 0 Å². The van der Waals surface area contributed by atoms with Gasteiger partial charge in [-0.05, 0) is 30.8 Å². The molecule has 0 amide bonds. The predicted molar refractivity (Wildman–Crippen MR) is 62.7 cm³/mol. The van der Waals surface area contributed by atoms with E-state index in [1.54, 1.807) is 6.08 Å². The van der Waals surface area contributed by atoms with Gasteiger partial charge in [-0.15, -0.1) is 0 Å². The number of aryl methyl sites for hydroxylation is 1. The van der Waals surface area contributed by atoms with E-state index in [-0.39, 0.29) is 0 Å². The van der Waals surface area contributed by atoms with Crippen LogP contribution in [0.1, 0.15) is 11.1 Å². The Morgan fingerprint density at radius 2 is 2.14 bits per heavy atom. The van der Waals surface area contributed by atoms with E-state index in [0.29, 0.717) is 0 Å². The van der Waals surface area contributed by atoms with Crippen molar-refractivity contribution in [1.29, 1.82) is 0 Å². The van der Waals surface area contributed by atoms with Crippen molar-refractivity contribution in [3.05, 3.63) is 59.8 Å². The summed E-state index contributed by atoms with van der Waals surface area (Å²) in [6.45, 7) is 9.29. The molecule has 1 heteroatoms. The second-order valence-corrected chi connectivity index (χ2v) is 3.16. The molecule has 0 N–H and O–H groups in total. The van der Waals surface area contributed by atoms with E-state index in [1.807, 2.05) is 18.2 Å². The van der Waals surface area contributed by atoms with Gasteiger partial charge in [0.1, 0.15) is 0 Å². The van der Waals surface area contributed by atoms with Gasteiger partial charge in [-0.1, -0.05) is 36.9 Å². The lowest BCUT2D eigenvalue weighted by atomic mass is 10.0. The molecule has 0 saturated carbocycles. The molecule has 0 atom stereocenters. The van der Waals surface area contributed by atoms with Crippen LogP contribution in [0.5, 0.6) is 0 Å². The maximum Gasteiger partial charge on any atom is 0.0440 e. The summed E-state index contributed by atoms with van der Waals surface area (Å²) >= 11 is 0. The van der Waals surface area contributed by atoms with Gasteiger partial charge in [-0.25, -0.2) is 0 Å². The van der Waals surface area contributed by atoms with Crippen LogP contribution in [-0.2, 0) is 6.42 Å². The molecular formula is C13H15N. The Labute approximate surface area is 85.5 Å². The van der Waals surface area contributed by atoms with Gasteiger partial charge < -0.3 is 0 Å². The van der Waals surface area contributed by atoms with Gasteiger partial charge in [0.25, 0.3) is 0 Å². The first-order valence-electron chi connectivity index (χ1n) is 4.60. The summed E-state index contributed by atoms with van der Waals surface area (Å²) in [4.78, 5) is 3.95. The van der Waals surface area contributed by atoms with Crippen molar-refractivity contribution < 1.29 is 0 Å². The zero-order chi connectivity index (χ0) is 10.4. The maximum atomic E-state index is 3.95. The molecular weight excluding hydrogens is 170 g/mol. The molecule has 1 nitrogen and oxygen atoms in total. The lowest BCUT2D eigenvalue weighted by molar-refractivity contribution is 1.09. The first-order valence-corrected chi connectivity index (χ1v) is 4.60. The Morgan fingerprint density at radius 3 is 2.71 bits per heavy atom. The van der Waals surface area contributed by atoms with Gasteiger partial charge in [0, 0.05) is 12.1 Å². The standard InChI is InChI=1S/C13H15N/c1-4-7-13(14-3)10-12-9-6-5-8-11(12)2/h4-9H,1,3,10H2,2H3/b13-7-. The topological polar surface area (TPSA) is 12.4 Å². The van der Waals surface area contributed by atoms with Crippen LogP contribution in [0.4, 0.5) is 0 Å². The van der Waals surface area contributed by atoms with Crippen LogP contribution in [0, 0.1) is 6.92 Å². The number of rotatable bonds is 4. The van der Waals surface area contributed by atoms with Crippen molar-refractivity contribution >= 4 is 6.72 Å². The predicted octanol–water partition coefficient (Wildman–Crippen LogP) is 3.31. The number of aliphatic imine (C=N–C) groups is 1. The second kappa shape index (κ2) is 5.18. The van der Waals surface area contributed by atoms with E-state index in [4.69, 9.17) is 0 Å². The third-order valence-corrected chi connectivity index (χ3v) is 2.15.